The van der Waals surface area contributed by atoms with Gasteiger partial charge in [-0.2, -0.15) is 0 Å². The van der Waals surface area contributed by atoms with Crippen LogP contribution in [0, 0.1) is 0 Å². The number of rotatable bonds is 3. The molecule has 0 bridgehead atoms. The van der Waals surface area contributed by atoms with Gasteiger partial charge in [0.25, 0.3) is 0 Å². The van der Waals surface area contributed by atoms with Crippen molar-refractivity contribution in [3.8, 4) is 39.1 Å². The van der Waals surface area contributed by atoms with Crippen LogP contribution < -0.4 is 4.74 Å². The highest BCUT2D eigenvalue weighted by Crippen LogP contribution is 2.67. The van der Waals surface area contributed by atoms with Gasteiger partial charge in [0.05, 0.1) is 11.7 Å². The number of allylic oxidation sites excluding steroid dienone is 9. The Labute approximate surface area is 408 Å². The van der Waals surface area contributed by atoms with Crippen molar-refractivity contribution in [3.63, 3.8) is 0 Å². The molecule has 1 heterocycles. The van der Waals surface area contributed by atoms with Crippen molar-refractivity contribution in [1.82, 2.24) is 0 Å². The van der Waals surface area contributed by atoms with Crippen molar-refractivity contribution in [3.05, 3.63) is 269 Å². The number of ether oxygens (including phenoxy) is 1. The van der Waals surface area contributed by atoms with Crippen molar-refractivity contribution < 1.29 is 4.74 Å². The van der Waals surface area contributed by atoms with Crippen LogP contribution in [0.3, 0.4) is 0 Å². The summed E-state index contributed by atoms with van der Waals surface area (Å²) in [5, 5.41) is 10.2. The van der Waals surface area contributed by atoms with E-state index in [-0.39, 0.29) is 0 Å². The number of fused-ring (bicyclic) bond motifs is 19. The molecule has 70 heavy (non-hydrogen) atoms. The largest absolute Gasteiger partial charge is 0.464 e. The average molecular weight is 891 g/mol. The second kappa shape index (κ2) is 15.0. The van der Waals surface area contributed by atoms with E-state index in [0.29, 0.717) is 0 Å². The lowest BCUT2D eigenvalue weighted by Crippen LogP contribution is -2.29. The van der Waals surface area contributed by atoms with Crippen LogP contribution in [-0.4, -0.2) is 0 Å². The van der Waals surface area contributed by atoms with Gasteiger partial charge in [0.2, 0.25) is 0 Å². The Hall–Kier alpha value is -8.52. The molecule has 1 heteroatoms. The molecule has 1 nitrogen and oxygen atoms in total. The zero-order valence-electron chi connectivity index (χ0n) is 38.7. The van der Waals surface area contributed by atoms with Gasteiger partial charge in [0.15, 0.2) is 0 Å². The Morgan fingerprint density at radius 3 is 1.93 bits per heavy atom. The first kappa shape index (κ1) is 39.5. The summed E-state index contributed by atoms with van der Waals surface area (Å²) in [7, 11) is 0. The monoisotopic (exact) mass is 890 g/mol. The van der Waals surface area contributed by atoms with Gasteiger partial charge in [-0.3, -0.25) is 0 Å². The number of para-hydroxylation sites is 1. The van der Waals surface area contributed by atoms with Gasteiger partial charge in [-0.15, -0.1) is 0 Å². The van der Waals surface area contributed by atoms with E-state index < -0.39 is 5.41 Å². The Balaban J connectivity index is 0.928. The number of hydrogen-bond donors (Lipinski definition) is 0. The summed E-state index contributed by atoms with van der Waals surface area (Å²) < 4.78 is 6.19. The summed E-state index contributed by atoms with van der Waals surface area (Å²) >= 11 is 0. The molecular weight excluding hydrogens is 845 g/mol. The molecule has 1 spiro atoms. The van der Waals surface area contributed by atoms with Crippen LogP contribution in [0.2, 0.25) is 0 Å². The molecule has 1 atom stereocenters. The van der Waals surface area contributed by atoms with E-state index in [0.717, 1.165) is 48.1 Å². The first-order chi connectivity index (χ1) is 34.7. The number of benzene rings is 10. The van der Waals surface area contributed by atoms with Gasteiger partial charge in [0, 0.05) is 5.56 Å². The molecular formula is C69H46O. The fraction of sp³-hybridized carbons (Fsp3) is 0.0725. The molecule has 10 aromatic carbocycles. The van der Waals surface area contributed by atoms with E-state index >= 15 is 0 Å². The van der Waals surface area contributed by atoms with E-state index in [1.165, 1.54) is 127 Å². The maximum atomic E-state index is 6.19. The third kappa shape index (κ3) is 5.38. The molecule has 0 saturated carbocycles. The molecule has 328 valence electrons. The van der Waals surface area contributed by atoms with Crippen molar-refractivity contribution in [2.75, 3.05) is 0 Å². The van der Waals surface area contributed by atoms with Gasteiger partial charge < -0.3 is 4.74 Å². The predicted molar refractivity (Wildman–Crippen MR) is 295 cm³/mol. The molecule has 1 unspecified atom stereocenters. The zero-order valence-corrected chi connectivity index (χ0v) is 38.7. The first-order valence-corrected chi connectivity index (χ1v) is 24.9. The van der Waals surface area contributed by atoms with Crippen LogP contribution in [-0.2, 0) is 11.8 Å². The summed E-state index contributed by atoms with van der Waals surface area (Å²) in [6, 6.07) is 65.8. The third-order valence-electron chi connectivity index (χ3n) is 16.2. The molecule has 15 rings (SSSR count). The third-order valence-corrected chi connectivity index (χ3v) is 16.2. The molecule has 0 aromatic heterocycles. The smallest absolute Gasteiger partial charge is 0.134 e. The fourth-order valence-corrected chi connectivity index (χ4v) is 13.5. The Bertz CT molecular complexity index is 4110. The second-order valence-corrected chi connectivity index (χ2v) is 19.6. The molecule has 0 amide bonds. The number of aryl methyl sites for hydroxylation is 1. The predicted octanol–water partition coefficient (Wildman–Crippen LogP) is 18.0. The van der Waals surface area contributed by atoms with E-state index in [1.807, 2.05) is 24.5 Å². The first-order valence-electron chi connectivity index (χ1n) is 24.9. The molecule has 10 aromatic rings. The molecule has 0 radical (unpaired) electrons. The van der Waals surface area contributed by atoms with Crippen LogP contribution in [0.1, 0.15) is 63.8 Å². The number of hydrogen-bond acceptors (Lipinski definition) is 1. The minimum atomic E-state index is -0.426. The van der Waals surface area contributed by atoms with Gasteiger partial charge in [-0.25, -0.2) is 0 Å². The summed E-state index contributed by atoms with van der Waals surface area (Å²) in [4.78, 5) is 0. The minimum absolute atomic E-state index is 0.426. The SMILES string of the molecule is C=C1/C=C(c2c3ccccc3c(-c3cccc(-c4ccc5c6c(ccc5c4)-c4c(c5c(c7ccccc47)CCC=C5)C64C5=C(CCC=C5)c5ccccc54)c3)c3ccccc23)\C=C/Oc2ccccc21. The highest BCUT2D eigenvalue weighted by Gasteiger charge is 2.55. The van der Waals surface area contributed by atoms with Crippen LogP contribution in [0.4, 0.5) is 0 Å². The summed E-state index contributed by atoms with van der Waals surface area (Å²) in [5.74, 6) is 0.811. The summed E-state index contributed by atoms with van der Waals surface area (Å²) in [6.45, 7) is 4.51. The van der Waals surface area contributed by atoms with E-state index in [2.05, 4.69) is 201 Å². The Morgan fingerprint density at radius 2 is 1.11 bits per heavy atom. The van der Waals surface area contributed by atoms with Crippen molar-refractivity contribution >= 4 is 65.9 Å². The van der Waals surface area contributed by atoms with E-state index in [9.17, 15) is 0 Å². The molecule has 1 aliphatic heterocycles. The van der Waals surface area contributed by atoms with Crippen LogP contribution in [0.5, 0.6) is 5.75 Å². The van der Waals surface area contributed by atoms with Gasteiger partial charge >= 0.3 is 0 Å². The van der Waals surface area contributed by atoms with Crippen molar-refractivity contribution in [2.45, 2.75) is 31.1 Å². The molecule has 5 aliphatic rings. The van der Waals surface area contributed by atoms with Crippen molar-refractivity contribution in [1.29, 1.82) is 0 Å². The summed E-state index contributed by atoms with van der Waals surface area (Å²) in [5.41, 5.74) is 23.0. The van der Waals surface area contributed by atoms with Crippen LogP contribution in [0.15, 0.2) is 225 Å². The van der Waals surface area contributed by atoms with Gasteiger partial charge in [-0.1, -0.05) is 189 Å². The Morgan fingerprint density at radius 1 is 0.457 bits per heavy atom. The lowest BCUT2D eigenvalue weighted by molar-refractivity contribution is 0.480. The lowest BCUT2D eigenvalue weighted by Gasteiger charge is -2.35. The standard InChI is InChI=1S/C69H46O/c1-42-39-47(37-38-70-63-32-15-12-19-48(42)63)65-57-27-7-5-25-55(57)64(56-26-6-8-28-58(56)65)46-18-16-17-43(41-46)44-33-35-49-45(40-44)34-36-60-66-54-24-4-2-20-50(54)51-21-3-9-29-59(51)68(66)69(67(49)60)61-30-13-10-22-52(61)53-23-11-14-31-62(53)69/h2,4-10,12-20,22,24-41H,1,3,11,21,23H2/b38-37-,47-39+. The quantitative estimate of drug-likeness (QED) is 0.161. The van der Waals surface area contributed by atoms with Gasteiger partial charge in [0.1, 0.15) is 5.75 Å². The molecule has 0 saturated heterocycles. The highest BCUT2D eigenvalue weighted by atomic mass is 16.5. The highest BCUT2D eigenvalue weighted by molar-refractivity contribution is 6.20. The lowest BCUT2D eigenvalue weighted by atomic mass is 9.65. The normalized spacial score (nSPS) is 18.5. The minimum Gasteiger partial charge on any atom is -0.464 e. The summed E-state index contributed by atoms with van der Waals surface area (Å²) in [6.07, 6.45) is 20.2. The average Bonchev–Trinajstić information content (AvgIpc) is 3.90. The second-order valence-electron chi connectivity index (χ2n) is 19.6. The van der Waals surface area contributed by atoms with Crippen molar-refractivity contribution in [2.24, 2.45) is 0 Å². The zero-order chi connectivity index (χ0) is 46.1. The molecule has 0 N–H and O–H groups in total. The van der Waals surface area contributed by atoms with Crippen LogP contribution in [0.25, 0.3) is 99.3 Å². The molecule has 0 fully saturated rings. The topological polar surface area (TPSA) is 9.23 Å². The van der Waals surface area contributed by atoms with Crippen LogP contribution >= 0.6 is 0 Å². The maximum absolute atomic E-state index is 6.19. The fourth-order valence-electron chi connectivity index (χ4n) is 13.5. The van der Waals surface area contributed by atoms with Gasteiger partial charge in [-0.05, 0) is 194 Å². The maximum Gasteiger partial charge on any atom is 0.134 e. The molecule has 4 aliphatic carbocycles. The van der Waals surface area contributed by atoms with E-state index in [1.54, 1.807) is 0 Å². The van der Waals surface area contributed by atoms with E-state index in [4.69, 9.17) is 4.74 Å². The Kier molecular flexibility index (Phi) is 8.45.